The highest BCUT2D eigenvalue weighted by molar-refractivity contribution is 8.93. The summed E-state index contributed by atoms with van der Waals surface area (Å²) in [6.45, 7) is 4.24. The SMILES string of the molecule is Br.CCCCNN1C=CN(C)C1. The molecular formula is C8H18BrN3. The zero-order chi connectivity index (χ0) is 8.10. The number of unbranched alkanes of at least 4 members (excludes halogenated alkanes) is 1. The van der Waals surface area contributed by atoms with Crippen molar-refractivity contribution >= 4 is 17.0 Å². The van der Waals surface area contributed by atoms with Crippen LogP contribution in [0.5, 0.6) is 0 Å². The summed E-state index contributed by atoms with van der Waals surface area (Å²) in [5, 5.41) is 2.11. The Kier molecular flexibility index (Phi) is 6.20. The molecule has 0 radical (unpaired) electrons. The molecule has 1 aliphatic heterocycles. The van der Waals surface area contributed by atoms with E-state index >= 15 is 0 Å². The van der Waals surface area contributed by atoms with Gasteiger partial charge in [-0.25, -0.2) is 5.43 Å². The highest BCUT2D eigenvalue weighted by atomic mass is 79.9. The highest BCUT2D eigenvalue weighted by Crippen LogP contribution is 1.99. The van der Waals surface area contributed by atoms with Gasteiger partial charge in [-0.05, 0) is 6.42 Å². The quantitative estimate of drug-likeness (QED) is 0.747. The van der Waals surface area contributed by atoms with Crippen LogP contribution >= 0.6 is 17.0 Å². The first-order valence-electron chi connectivity index (χ1n) is 4.21. The molecule has 12 heavy (non-hydrogen) atoms. The molecule has 0 atom stereocenters. The lowest BCUT2D eigenvalue weighted by molar-refractivity contribution is 0.223. The van der Waals surface area contributed by atoms with Crippen molar-refractivity contribution < 1.29 is 0 Å². The Morgan fingerprint density at radius 2 is 2.17 bits per heavy atom. The molecule has 0 bridgehead atoms. The van der Waals surface area contributed by atoms with Gasteiger partial charge in [0.25, 0.3) is 0 Å². The summed E-state index contributed by atoms with van der Waals surface area (Å²) in [6, 6.07) is 0. The van der Waals surface area contributed by atoms with Crippen molar-refractivity contribution in [1.82, 2.24) is 15.3 Å². The molecule has 0 aromatic rings. The Morgan fingerprint density at radius 3 is 2.67 bits per heavy atom. The van der Waals surface area contributed by atoms with E-state index in [9.17, 15) is 0 Å². The highest BCUT2D eigenvalue weighted by Gasteiger charge is 2.05. The van der Waals surface area contributed by atoms with Crippen LogP contribution in [0.4, 0.5) is 0 Å². The molecule has 3 nitrogen and oxygen atoms in total. The zero-order valence-electron chi connectivity index (χ0n) is 7.79. The van der Waals surface area contributed by atoms with E-state index in [2.05, 4.69) is 41.7 Å². The summed E-state index contributed by atoms with van der Waals surface area (Å²) in [6.07, 6.45) is 6.63. The van der Waals surface area contributed by atoms with E-state index < -0.39 is 0 Å². The lowest BCUT2D eigenvalue weighted by atomic mass is 10.3. The average molecular weight is 236 g/mol. The van der Waals surface area contributed by atoms with Crippen LogP contribution in [-0.4, -0.2) is 30.2 Å². The molecule has 0 saturated carbocycles. The fourth-order valence-corrected chi connectivity index (χ4v) is 1.03. The molecule has 1 rings (SSSR count). The van der Waals surface area contributed by atoms with E-state index in [1.54, 1.807) is 0 Å². The summed E-state index contributed by atoms with van der Waals surface area (Å²) in [5.41, 5.74) is 3.32. The van der Waals surface area contributed by atoms with Crippen molar-refractivity contribution in [2.75, 3.05) is 20.3 Å². The second-order valence-electron chi connectivity index (χ2n) is 2.93. The molecule has 1 aliphatic rings. The first kappa shape index (κ1) is 11.8. The number of nitrogens with zero attached hydrogens (tertiary/aromatic N) is 2. The number of hydrogen-bond donors (Lipinski definition) is 1. The van der Waals surface area contributed by atoms with Gasteiger partial charge in [0.15, 0.2) is 0 Å². The second-order valence-corrected chi connectivity index (χ2v) is 2.93. The Balaban J connectivity index is 0.00000121. The molecule has 0 amide bonds. The van der Waals surface area contributed by atoms with Crippen LogP contribution in [-0.2, 0) is 0 Å². The van der Waals surface area contributed by atoms with Crippen molar-refractivity contribution in [3.8, 4) is 0 Å². The summed E-state index contributed by atoms with van der Waals surface area (Å²) in [4.78, 5) is 2.14. The van der Waals surface area contributed by atoms with Gasteiger partial charge < -0.3 is 4.90 Å². The molecule has 0 spiro atoms. The Labute approximate surface area is 85.2 Å². The van der Waals surface area contributed by atoms with E-state index in [-0.39, 0.29) is 17.0 Å². The van der Waals surface area contributed by atoms with E-state index in [4.69, 9.17) is 0 Å². The first-order chi connectivity index (χ1) is 5.33. The number of hydrazine groups is 1. The largest absolute Gasteiger partial charge is 0.360 e. The van der Waals surface area contributed by atoms with Crippen molar-refractivity contribution in [2.45, 2.75) is 19.8 Å². The minimum absolute atomic E-state index is 0. The minimum Gasteiger partial charge on any atom is -0.360 e. The van der Waals surface area contributed by atoms with E-state index in [0.29, 0.717) is 0 Å². The van der Waals surface area contributed by atoms with Gasteiger partial charge in [-0.1, -0.05) is 13.3 Å². The van der Waals surface area contributed by atoms with E-state index in [1.165, 1.54) is 12.8 Å². The van der Waals surface area contributed by atoms with Crippen LogP contribution in [0, 0.1) is 0 Å². The molecule has 0 unspecified atom stereocenters. The molecule has 0 aromatic heterocycles. The Hall–Kier alpha value is -0.220. The van der Waals surface area contributed by atoms with Gasteiger partial charge in [-0.3, -0.25) is 5.01 Å². The van der Waals surface area contributed by atoms with Crippen molar-refractivity contribution in [3.63, 3.8) is 0 Å². The molecule has 72 valence electrons. The average Bonchev–Trinajstić information content (AvgIpc) is 2.37. The van der Waals surface area contributed by atoms with Crippen LogP contribution in [0.1, 0.15) is 19.8 Å². The van der Waals surface area contributed by atoms with Crippen molar-refractivity contribution in [2.24, 2.45) is 0 Å². The lowest BCUT2D eigenvalue weighted by Gasteiger charge is -2.18. The lowest BCUT2D eigenvalue weighted by Crippen LogP contribution is -2.35. The third kappa shape index (κ3) is 3.97. The van der Waals surface area contributed by atoms with Gasteiger partial charge in [0.2, 0.25) is 0 Å². The van der Waals surface area contributed by atoms with E-state index in [0.717, 1.165) is 13.2 Å². The molecule has 0 aromatic carbocycles. The number of halogens is 1. The van der Waals surface area contributed by atoms with Gasteiger partial charge in [-0.2, -0.15) is 0 Å². The van der Waals surface area contributed by atoms with Crippen LogP contribution < -0.4 is 5.43 Å². The summed E-state index contributed by atoms with van der Waals surface area (Å²) >= 11 is 0. The first-order valence-corrected chi connectivity index (χ1v) is 4.21. The molecule has 1 N–H and O–H groups in total. The summed E-state index contributed by atoms with van der Waals surface area (Å²) in [5.74, 6) is 0. The van der Waals surface area contributed by atoms with Crippen LogP contribution in [0.15, 0.2) is 12.4 Å². The maximum atomic E-state index is 3.32. The van der Waals surface area contributed by atoms with E-state index in [1.807, 2.05) is 0 Å². The molecule has 0 fully saturated rings. The third-order valence-electron chi connectivity index (χ3n) is 1.72. The smallest absolute Gasteiger partial charge is 0.104 e. The van der Waals surface area contributed by atoms with Gasteiger partial charge >= 0.3 is 0 Å². The van der Waals surface area contributed by atoms with Gasteiger partial charge in [0, 0.05) is 26.0 Å². The fourth-order valence-electron chi connectivity index (χ4n) is 1.03. The molecular weight excluding hydrogens is 218 g/mol. The predicted molar refractivity (Wildman–Crippen MR) is 56.8 cm³/mol. The van der Waals surface area contributed by atoms with Gasteiger partial charge in [-0.15, -0.1) is 17.0 Å². The number of nitrogens with one attached hydrogen (secondary N) is 1. The second kappa shape index (κ2) is 6.31. The number of hydrogen-bond acceptors (Lipinski definition) is 3. The monoisotopic (exact) mass is 235 g/mol. The van der Waals surface area contributed by atoms with Crippen LogP contribution in [0.3, 0.4) is 0 Å². The standard InChI is InChI=1S/C8H17N3.BrH/c1-3-4-5-9-11-7-6-10(2)8-11;/h6-7,9H,3-5,8H2,1-2H3;1H. The summed E-state index contributed by atoms with van der Waals surface area (Å²) in [7, 11) is 2.07. The predicted octanol–water partition coefficient (Wildman–Crippen LogP) is 1.55. The van der Waals surface area contributed by atoms with Crippen molar-refractivity contribution in [3.05, 3.63) is 12.4 Å². The molecule has 4 heteroatoms. The topological polar surface area (TPSA) is 18.5 Å². The zero-order valence-corrected chi connectivity index (χ0v) is 9.50. The fraction of sp³-hybridized carbons (Fsp3) is 0.750. The third-order valence-corrected chi connectivity index (χ3v) is 1.72. The Morgan fingerprint density at radius 1 is 1.42 bits per heavy atom. The Bertz CT molecular complexity index is 138. The normalized spacial score (nSPS) is 15.2. The summed E-state index contributed by atoms with van der Waals surface area (Å²) < 4.78 is 0. The molecule has 1 heterocycles. The minimum atomic E-state index is 0. The van der Waals surface area contributed by atoms with Gasteiger partial charge in [0.05, 0.1) is 0 Å². The number of rotatable bonds is 4. The molecule has 0 saturated heterocycles. The maximum absolute atomic E-state index is 3.32. The van der Waals surface area contributed by atoms with Crippen LogP contribution in [0.25, 0.3) is 0 Å². The van der Waals surface area contributed by atoms with Crippen LogP contribution in [0.2, 0.25) is 0 Å². The maximum Gasteiger partial charge on any atom is 0.104 e. The van der Waals surface area contributed by atoms with Crippen molar-refractivity contribution in [1.29, 1.82) is 0 Å². The van der Waals surface area contributed by atoms with Gasteiger partial charge in [0.1, 0.15) is 6.67 Å². The molecule has 0 aliphatic carbocycles.